The topological polar surface area (TPSA) is 47.9 Å². The van der Waals surface area contributed by atoms with Crippen molar-refractivity contribution in [1.82, 2.24) is 0 Å². The predicted molar refractivity (Wildman–Crippen MR) is 139 cm³/mol. The molecule has 0 heterocycles. The summed E-state index contributed by atoms with van der Waals surface area (Å²) in [6.07, 6.45) is 4.99. The van der Waals surface area contributed by atoms with Crippen molar-refractivity contribution in [2.45, 2.75) is 70.7 Å². The highest BCUT2D eigenvalue weighted by atomic mass is 16.6. The first-order valence-corrected chi connectivity index (χ1v) is 11.9. The van der Waals surface area contributed by atoms with Gasteiger partial charge in [0.05, 0.1) is 31.5 Å². The van der Waals surface area contributed by atoms with E-state index in [2.05, 4.69) is 33.1 Å². The lowest BCUT2D eigenvalue weighted by atomic mass is 9.90. The summed E-state index contributed by atoms with van der Waals surface area (Å²) in [7, 11) is 0. The molecule has 0 fully saturated rings. The third-order valence-electron chi connectivity index (χ3n) is 5.71. The van der Waals surface area contributed by atoms with Crippen molar-refractivity contribution in [3.63, 3.8) is 0 Å². The van der Waals surface area contributed by atoms with Gasteiger partial charge in [-0.2, -0.15) is 0 Å². The largest absolute Gasteiger partial charge is 0.386 e. The first-order chi connectivity index (χ1) is 16.4. The molecule has 4 nitrogen and oxygen atoms in total. The molecule has 0 radical (unpaired) electrons. The first kappa shape index (κ1) is 27.7. The smallest absolute Gasteiger partial charge is 0.111 e. The molecular weight excluding hydrogens is 424 g/mol. The minimum Gasteiger partial charge on any atom is -0.386 e. The van der Waals surface area contributed by atoms with Gasteiger partial charge in [0.2, 0.25) is 0 Å². The Kier molecular flexibility index (Phi) is 12.0. The Hall–Kier alpha value is -2.50. The van der Waals surface area contributed by atoms with E-state index < -0.39 is 17.8 Å². The fourth-order valence-corrected chi connectivity index (χ4v) is 3.65. The van der Waals surface area contributed by atoms with E-state index in [9.17, 15) is 5.11 Å². The summed E-state index contributed by atoms with van der Waals surface area (Å²) in [5.74, 6) is 0. The molecule has 0 spiro atoms. The minimum absolute atomic E-state index is 0.228. The molecule has 4 atom stereocenters. The molecule has 0 aliphatic carbocycles. The lowest BCUT2D eigenvalue weighted by Gasteiger charge is -2.40. The number of benzene rings is 2. The van der Waals surface area contributed by atoms with E-state index in [1.807, 2.05) is 73.7 Å². The molecule has 0 aliphatic heterocycles. The molecule has 184 valence electrons. The summed E-state index contributed by atoms with van der Waals surface area (Å²) in [4.78, 5) is 0. The van der Waals surface area contributed by atoms with Gasteiger partial charge in [-0.15, -0.1) is 13.2 Å². The quantitative estimate of drug-likeness (QED) is 0.292. The molecule has 2 aromatic carbocycles. The standard InChI is InChI=1S/C30H40O4/c1-6-14-29(33-22-26-17-12-9-13-18-26)30(5,20-19-24(3)4)34-28(27(31)7-2)23-32-21-25-15-10-8-11-16-25/h6-13,15-19,27-29,31H,1-2,14,20-23H2,3-5H3/t27?,28-,29-,30+/m1/s1. The van der Waals surface area contributed by atoms with Crippen molar-refractivity contribution in [2.24, 2.45) is 0 Å². The van der Waals surface area contributed by atoms with Crippen molar-refractivity contribution in [2.75, 3.05) is 6.61 Å². The Bertz CT molecular complexity index is 873. The Balaban J connectivity index is 2.20. The second kappa shape index (κ2) is 14.7. The van der Waals surface area contributed by atoms with Crippen molar-refractivity contribution in [3.8, 4) is 0 Å². The molecule has 0 aliphatic rings. The van der Waals surface area contributed by atoms with Crippen molar-refractivity contribution < 1.29 is 19.3 Å². The van der Waals surface area contributed by atoms with Gasteiger partial charge in [-0.1, -0.05) is 84.5 Å². The second-order valence-electron chi connectivity index (χ2n) is 8.99. The number of hydrogen-bond donors (Lipinski definition) is 1. The predicted octanol–water partition coefficient (Wildman–Crippen LogP) is 6.41. The van der Waals surface area contributed by atoms with E-state index in [0.717, 1.165) is 11.1 Å². The molecular formula is C30H40O4. The van der Waals surface area contributed by atoms with E-state index >= 15 is 0 Å². The minimum atomic E-state index is -0.875. The lowest BCUT2D eigenvalue weighted by Crippen LogP contribution is -2.49. The molecule has 1 N–H and O–H groups in total. The summed E-state index contributed by atoms with van der Waals surface area (Å²) in [6.45, 7) is 15.0. The zero-order valence-corrected chi connectivity index (χ0v) is 20.9. The molecule has 2 rings (SSSR count). The van der Waals surface area contributed by atoms with Gasteiger partial charge >= 0.3 is 0 Å². The molecule has 0 aromatic heterocycles. The van der Waals surface area contributed by atoms with Gasteiger partial charge in [-0.05, 0) is 44.7 Å². The summed E-state index contributed by atoms with van der Waals surface area (Å²) in [5.41, 5.74) is 2.63. The molecule has 4 heteroatoms. The van der Waals surface area contributed by atoms with Crippen LogP contribution in [0.25, 0.3) is 0 Å². The van der Waals surface area contributed by atoms with Crippen LogP contribution in [-0.2, 0) is 27.4 Å². The summed E-state index contributed by atoms with van der Waals surface area (Å²) < 4.78 is 18.9. The van der Waals surface area contributed by atoms with Gasteiger partial charge in [0.15, 0.2) is 0 Å². The number of ether oxygens (including phenoxy) is 3. The van der Waals surface area contributed by atoms with Gasteiger partial charge < -0.3 is 19.3 Å². The van der Waals surface area contributed by atoms with Crippen LogP contribution in [0.15, 0.2) is 97.6 Å². The van der Waals surface area contributed by atoms with Crippen LogP contribution in [0.5, 0.6) is 0 Å². The molecule has 0 bridgehead atoms. The average molecular weight is 465 g/mol. The normalized spacial score (nSPS) is 15.5. The van der Waals surface area contributed by atoms with Gasteiger partial charge in [-0.3, -0.25) is 0 Å². The Morgan fingerprint density at radius 3 is 2.09 bits per heavy atom. The highest BCUT2D eigenvalue weighted by Gasteiger charge is 2.38. The van der Waals surface area contributed by atoms with E-state index in [1.54, 1.807) is 0 Å². The van der Waals surface area contributed by atoms with Gasteiger partial charge in [0.1, 0.15) is 12.2 Å². The van der Waals surface area contributed by atoms with E-state index in [-0.39, 0.29) is 12.7 Å². The Morgan fingerprint density at radius 2 is 1.56 bits per heavy atom. The molecule has 0 saturated heterocycles. The number of allylic oxidation sites excluding steroid dienone is 1. The molecule has 1 unspecified atom stereocenters. The Morgan fingerprint density at radius 1 is 0.971 bits per heavy atom. The third kappa shape index (κ3) is 9.40. The highest BCUT2D eigenvalue weighted by molar-refractivity contribution is 5.14. The second-order valence-corrected chi connectivity index (χ2v) is 8.99. The van der Waals surface area contributed by atoms with Gasteiger partial charge in [0, 0.05) is 0 Å². The maximum absolute atomic E-state index is 10.7. The van der Waals surface area contributed by atoms with Crippen molar-refractivity contribution >= 4 is 0 Å². The van der Waals surface area contributed by atoms with E-state index in [4.69, 9.17) is 14.2 Å². The van der Waals surface area contributed by atoms with E-state index in [0.29, 0.717) is 26.1 Å². The number of rotatable bonds is 16. The van der Waals surface area contributed by atoms with Gasteiger partial charge in [-0.25, -0.2) is 0 Å². The molecule has 0 saturated carbocycles. The summed E-state index contributed by atoms with van der Waals surface area (Å²) in [5, 5.41) is 10.7. The van der Waals surface area contributed by atoms with Crippen LogP contribution in [0, 0.1) is 0 Å². The van der Waals surface area contributed by atoms with Gasteiger partial charge in [0.25, 0.3) is 0 Å². The highest BCUT2D eigenvalue weighted by Crippen LogP contribution is 2.30. The number of hydrogen-bond acceptors (Lipinski definition) is 4. The molecule has 2 aromatic rings. The van der Waals surface area contributed by atoms with Crippen LogP contribution in [0.2, 0.25) is 0 Å². The average Bonchev–Trinajstić information content (AvgIpc) is 2.85. The van der Waals surface area contributed by atoms with E-state index in [1.165, 1.54) is 11.6 Å². The lowest BCUT2D eigenvalue weighted by molar-refractivity contribution is -0.194. The first-order valence-electron chi connectivity index (χ1n) is 11.9. The SMILES string of the molecule is C=CC[C@@H](OCc1ccccc1)[C@](C)(CC=C(C)C)O[C@H](COCc1ccccc1)C(O)C=C. The van der Waals surface area contributed by atoms with Crippen LogP contribution >= 0.6 is 0 Å². The van der Waals surface area contributed by atoms with Crippen LogP contribution < -0.4 is 0 Å². The van der Waals surface area contributed by atoms with Crippen molar-refractivity contribution in [3.05, 3.63) is 109 Å². The van der Waals surface area contributed by atoms with Crippen LogP contribution in [0.1, 0.15) is 44.7 Å². The van der Waals surface area contributed by atoms with Crippen molar-refractivity contribution in [1.29, 1.82) is 0 Å². The summed E-state index contributed by atoms with van der Waals surface area (Å²) in [6, 6.07) is 20.0. The number of aliphatic hydroxyl groups excluding tert-OH is 1. The van der Waals surface area contributed by atoms with Crippen LogP contribution in [-0.4, -0.2) is 35.6 Å². The summed E-state index contributed by atoms with van der Waals surface area (Å²) >= 11 is 0. The fraction of sp³-hybridized carbons (Fsp3) is 0.400. The Labute approximate surface area is 205 Å². The monoisotopic (exact) mass is 464 g/mol. The third-order valence-corrected chi connectivity index (χ3v) is 5.71. The maximum atomic E-state index is 10.7. The maximum Gasteiger partial charge on any atom is 0.111 e. The van der Waals surface area contributed by atoms with Crippen LogP contribution in [0.3, 0.4) is 0 Å². The van der Waals surface area contributed by atoms with Crippen LogP contribution in [0.4, 0.5) is 0 Å². The number of aliphatic hydroxyl groups is 1. The fourth-order valence-electron chi connectivity index (χ4n) is 3.65. The molecule has 34 heavy (non-hydrogen) atoms. The molecule has 0 amide bonds. The zero-order valence-electron chi connectivity index (χ0n) is 20.9. The zero-order chi connectivity index (χ0) is 24.8.